The Morgan fingerprint density at radius 1 is 0.964 bits per heavy atom. The number of aromatic hydroxyl groups is 1. The van der Waals surface area contributed by atoms with Gasteiger partial charge in [0.15, 0.2) is 0 Å². The van der Waals surface area contributed by atoms with Crippen molar-refractivity contribution in [3.63, 3.8) is 0 Å². The summed E-state index contributed by atoms with van der Waals surface area (Å²) in [6.45, 7) is 2.86. The Morgan fingerprint density at radius 3 is 2.50 bits per heavy atom. The van der Waals surface area contributed by atoms with Crippen molar-refractivity contribution < 1.29 is 9.90 Å². The van der Waals surface area contributed by atoms with Crippen LogP contribution in [-0.4, -0.2) is 47.1 Å². The Kier molecular flexibility index (Phi) is 4.15. The van der Waals surface area contributed by atoms with Crippen LogP contribution in [0.5, 0.6) is 5.75 Å². The molecule has 2 fully saturated rings. The minimum atomic E-state index is 0.0936. The van der Waals surface area contributed by atoms with Gasteiger partial charge in [-0.05, 0) is 37.1 Å². The molecule has 2 aromatic carbocycles. The number of amides is 1. The summed E-state index contributed by atoms with van der Waals surface area (Å²) in [4.78, 5) is 22.3. The predicted molar refractivity (Wildman–Crippen MR) is 110 cm³/mol. The van der Waals surface area contributed by atoms with E-state index in [4.69, 9.17) is 4.98 Å². The summed E-state index contributed by atoms with van der Waals surface area (Å²) in [6, 6.07) is 17.3. The Bertz CT molecular complexity index is 1040. The lowest BCUT2D eigenvalue weighted by Gasteiger charge is -2.36. The molecule has 1 saturated carbocycles. The number of phenols is 1. The number of pyridine rings is 1. The molecule has 28 heavy (non-hydrogen) atoms. The van der Waals surface area contributed by atoms with Crippen molar-refractivity contribution in [3.8, 4) is 5.75 Å². The number of hydrogen-bond acceptors (Lipinski definition) is 4. The zero-order chi connectivity index (χ0) is 19.1. The minimum Gasteiger partial charge on any atom is -0.508 e. The van der Waals surface area contributed by atoms with Crippen LogP contribution in [0.3, 0.4) is 0 Å². The Balaban J connectivity index is 1.39. The van der Waals surface area contributed by atoms with Gasteiger partial charge in [0.2, 0.25) is 0 Å². The van der Waals surface area contributed by atoms with Crippen molar-refractivity contribution in [1.29, 1.82) is 0 Å². The smallest absolute Gasteiger partial charge is 0.254 e. The molecule has 0 spiro atoms. The molecule has 5 rings (SSSR count). The van der Waals surface area contributed by atoms with Crippen LogP contribution in [0.4, 0.5) is 5.69 Å². The number of aromatic nitrogens is 1. The van der Waals surface area contributed by atoms with Gasteiger partial charge in [-0.3, -0.25) is 9.78 Å². The molecule has 1 amide bonds. The van der Waals surface area contributed by atoms with E-state index in [0.29, 0.717) is 19.0 Å². The molecular formula is C23H23N3O2. The molecule has 1 N–H and O–H groups in total. The van der Waals surface area contributed by atoms with Crippen LogP contribution in [0, 0.1) is 0 Å². The van der Waals surface area contributed by atoms with Crippen LogP contribution in [0.15, 0.2) is 54.6 Å². The standard InChI is InChI=1S/C23H23N3O2/c27-18-5-3-4-17(14-18)25-10-12-26(13-11-25)23(28)20-15-22(16-8-9-16)24-21-7-2-1-6-19(20)21/h1-7,14-16,27H,8-13H2. The molecular weight excluding hydrogens is 350 g/mol. The van der Waals surface area contributed by atoms with E-state index in [9.17, 15) is 9.90 Å². The summed E-state index contributed by atoms with van der Waals surface area (Å²) in [6.07, 6.45) is 2.34. The largest absolute Gasteiger partial charge is 0.508 e. The first-order valence-corrected chi connectivity index (χ1v) is 9.92. The molecule has 0 bridgehead atoms. The molecule has 1 aliphatic heterocycles. The lowest BCUT2D eigenvalue weighted by molar-refractivity contribution is 0.0748. The number of piperazine rings is 1. The van der Waals surface area contributed by atoms with E-state index in [1.54, 1.807) is 12.1 Å². The number of carbonyl (C=O) groups is 1. The molecule has 142 valence electrons. The number of anilines is 1. The lowest BCUT2D eigenvalue weighted by atomic mass is 10.0. The third kappa shape index (κ3) is 3.17. The second-order valence-electron chi connectivity index (χ2n) is 7.69. The normalized spacial score (nSPS) is 17.1. The van der Waals surface area contributed by atoms with Gasteiger partial charge in [-0.25, -0.2) is 0 Å². The highest BCUT2D eigenvalue weighted by molar-refractivity contribution is 6.06. The SMILES string of the molecule is O=C(c1cc(C2CC2)nc2ccccc12)N1CCN(c2cccc(O)c2)CC1. The quantitative estimate of drug-likeness (QED) is 0.759. The van der Waals surface area contributed by atoms with E-state index >= 15 is 0 Å². The number of rotatable bonds is 3. The molecule has 3 aromatic rings. The van der Waals surface area contributed by atoms with Gasteiger partial charge in [0.05, 0.1) is 11.1 Å². The first-order chi connectivity index (χ1) is 13.7. The van der Waals surface area contributed by atoms with Crippen LogP contribution >= 0.6 is 0 Å². The van der Waals surface area contributed by atoms with E-state index < -0.39 is 0 Å². The van der Waals surface area contributed by atoms with Gasteiger partial charge >= 0.3 is 0 Å². The first kappa shape index (κ1) is 17.0. The molecule has 1 saturated heterocycles. The fourth-order valence-corrected chi connectivity index (χ4v) is 3.99. The third-order valence-corrected chi connectivity index (χ3v) is 5.72. The highest BCUT2D eigenvalue weighted by Gasteiger charge is 2.29. The third-order valence-electron chi connectivity index (χ3n) is 5.72. The number of benzene rings is 2. The zero-order valence-corrected chi connectivity index (χ0v) is 15.7. The van der Waals surface area contributed by atoms with Crippen molar-refractivity contribution in [1.82, 2.24) is 9.88 Å². The summed E-state index contributed by atoms with van der Waals surface area (Å²) in [5, 5.41) is 10.6. The molecule has 0 radical (unpaired) electrons. The Hall–Kier alpha value is -3.08. The highest BCUT2D eigenvalue weighted by Crippen LogP contribution is 2.40. The average molecular weight is 373 g/mol. The average Bonchev–Trinajstić information content (AvgIpc) is 3.58. The van der Waals surface area contributed by atoms with Gasteiger partial charge in [0.1, 0.15) is 5.75 Å². The summed E-state index contributed by atoms with van der Waals surface area (Å²) in [7, 11) is 0. The van der Waals surface area contributed by atoms with Crippen molar-refractivity contribution in [2.75, 3.05) is 31.1 Å². The summed E-state index contributed by atoms with van der Waals surface area (Å²) in [5.74, 6) is 0.877. The van der Waals surface area contributed by atoms with Gasteiger partial charge in [-0.1, -0.05) is 24.3 Å². The maximum Gasteiger partial charge on any atom is 0.254 e. The van der Waals surface area contributed by atoms with Crippen LogP contribution in [0.2, 0.25) is 0 Å². The molecule has 0 atom stereocenters. The number of hydrogen-bond donors (Lipinski definition) is 1. The Labute approximate surface area is 164 Å². The van der Waals surface area contributed by atoms with E-state index in [2.05, 4.69) is 4.90 Å². The first-order valence-electron chi connectivity index (χ1n) is 9.92. The van der Waals surface area contributed by atoms with Crippen LogP contribution in [0.25, 0.3) is 10.9 Å². The van der Waals surface area contributed by atoms with Crippen LogP contribution in [0.1, 0.15) is 34.8 Å². The summed E-state index contributed by atoms with van der Waals surface area (Å²) >= 11 is 0. The van der Waals surface area contributed by atoms with Crippen molar-refractivity contribution >= 4 is 22.5 Å². The van der Waals surface area contributed by atoms with E-state index in [-0.39, 0.29) is 11.7 Å². The van der Waals surface area contributed by atoms with Crippen LogP contribution in [-0.2, 0) is 0 Å². The highest BCUT2D eigenvalue weighted by atomic mass is 16.3. The maximum atomic E-state index is 13.3. The molecule has 2 heterocycles. The van der Waals surface area contributed by atoms with E-state index in [1.807, 2.05) is 47.4 Å². The number of carbonyl (C=O) groups excluding carboxylic acids is 1. The van der Waals surface area contributed by atoms with Gasteiger partial charge in [0.25, 0.3) is 5.91 Å². The van der Waals surface area contributed by atoms with Gasteiger partial charge in [0, 0.05) is 54.9 Å². The van der Waals surface area contributed by atoms with Crippen LogP contribution < -0.4 is 4.90 Å². The predicted octanol–water partition coefficient (Wildman–Crippen LogP) is 3.78. The number of para-hydroxylation sites is 1. The monoisotopic (exact) mass is 373 g/mol. The molecule has 0 unspecified atom stereocenters. The Morgan fingerprint density at radius 2 is 1.75 bits per heavy atom. The fraction of sp³-hybridized carbons (Fsp3) is 0.304. The lowest BCUT2D eigenvalue weighted by Crippen LogP contribution is -2.48. The second kappa shape index (κ2) is 6.82. The van der Waals surface area contributed by atoms with Crippen molar-refractivity contribution in [2.45, 2.75) is 18.8 Å². The summed E-state index contributed by atoms with van der Waals surface area (Å²) in [5.41, 5.74) is 3.74. The van der Waals surface area contributed by atoms with E-state index in [0.717, 1.165) is 40.9 Å². The molecule has 5 heteroatoms. The molecule has 1 aromatic heterocycles. The zero-order valence-electron chi connectivity index (χ0n) is 15.7. The number of phenolic OH excluding ortho intramolecular Hbond substituents is 1. The van der Waals surface area contributed by atoms with Crippen molar-refractivity contribution in [2.24, 2.45) is 0 Å². The number of fused-ring (bicyclic) bond motifs is 1. The number of nitrogens with zero attached hydrogens (tertiary/aromatic N) is 3. The van der Waals surface area contributed by atoms with Crippen molar-refractivity contribution in [3.05, 3.63) is 65.9 Å². The fourth-order valence-electron chi connectivity index (χ4n) is 3.99. The topological polar surface area (TPSA) is 56.7 Å². The molecule has 5 nitrogen and oxygen atoms in total. The van der Waals surface area contributed by atoms with Gasteiger partial charge in [-0.2, -0.15) is 0 Å². The molecule has 2 aliphatic rings. The minimum absolute atomic E-state index is 0.0936. The summed E-state index contributed by atoms with van der Waals surface area (Å²) < 4.78 is 0. The van der Waals surface area contributed by atoms with Gasteiger partial charge in [-0.15, -0.1) is 0 Å². The molecule has 1 aliphatic carbocycles. The maximum absolute atomic E-state index is 13.3. The van der Waals surface area contributed by atoms with E-state index in [1.165, 1.54) is 12.8 Å². The van der Waals surface area contributed by atoms with Gasteiger partial charge < -0.3 is 14.9 Å². The second-order valence-corrected chi connectivity index (χ2v) is 7.69.